The van der Waals surface area contributed by atoms with Crippen molar-refractivity contribution in [3.63, 3.8) is 0 Å². The van der Waals surface area contributed by atoms with Crippen molar-refractivity contribution in [3.05, 3.63) is 0 Å². The molecular formula is C34H60O21. The molecule has 5 heterocycles. The zero-order valence-electron chi connectivity index (χ0n) is 30.7. The van der Waals surface area contributed by atoms with Gasteiger partial charge >= 0.3 is 0 Å². The van der Waals surface area contributed by atoms with Gasteiger partial charge in [0.15, 0.2) is 31.5 Å². The highest BCUT2D eigenvalue weighted by Gasteiger charge is 2.50. The second-order valence-electron chi connectivity index (χ2n) is 14.7. The average Bonchev–Trinajstić information content (AvgIpc) is 3.17. The Labute approximate surface area is 318 Å². The standard InChI is InChI=1S/C34H60O21/c1-2-3-4-5-6-7-8-9-46-30-26(42)21(37)16(11-48-30)53-32-28(44)23(39)18(13-50-32)55-34-29(45)24(40)19(14-51-34)54-33-27(43)22(38)17(12-49-33)52-31-25(41)20(36)15(35)10-47-31/h15-45H,2-14H2,1H3. The number of aliphatic hydroxyl groups excluding tert-OH is 11. The van der Waals surface area contributed by atoms with Crippen molar-refractivity contribution < 1.29 is 104 Å². The summed E-state index contributed by atoms with van der Waals surface area (Å²) in [7, 11) is 0. The molecule has 55 heavy (non-hydrogen) atoms. The minimum atomic E-state index is -1.78. The second kappa shape index (κ2) is 21.4. The predicted octanol–water partition coefficient (Wildman–Crippen LogP) is -4.95. The van der Waals surface area contributed by atoms with E-state index in [2.05, 4.69) is 6.92 Å². The van der Waals surface area contributed by atoms with E-state index >= 15 is 0 Å². The summed E-state index contributed by atoms with van der Waals surface area (Å²) in [6, 6.07) is 0. The Balaban J connectivity index is 1.01. The Morgan fingerprint density at radius 3 is 1.07 bits per heavy atom. The third kappa shape index (κ3) is 11.5. The van der Waals surface area contributed by atoms with Gasteiger partial charge in [-0.2, -0.15) is 0 Å². The molecule has 21 heteroatoms. The van der Waals surface area contributed by atoms with E-state index in [-0.39, 0.29) is 26.4 Å². The number of aliphatic hydroxyl groups is 11. The van der Waals surface area contributed by atoms with Gasteiger partial charge in [0, 0.05) is 6.61 Å². The summed E-state index contributed by atoms with van der Waals surface area (Å²) in [5, 5.41) is 115. The SMILES string of the molecule is CCCCCCCCCOC1OCC(OC2OCC(OC3OCC(OC4OCC(OC5OCC(O)C(O)C5O)C(O)C4O)C(O)C3O)C(O)C2O)C(O)C1O. The third-order valence-electron chi connectivity index (χ3n) is 10.5. The van der Waals surface area contributed by atoms with Crippen LogP contribution in [0.1, 0.15) is 51.9 Å². The summed E-state index contributed by atoms with van der Waals surface area (Å²) >= 11 is 0. The first kappa shape index (κ1) is 45.2. The van der Waals surface area contributed by atoms with Crippen molar-refractivity contribution in [2.75, 3.05) is 39.6 Å². The highest BCUT2D eigenvalue weighted by Crippen LogP contribution is 2.30. The molecule has 0 aromatic rings. The summed E-state index contributed by atoms with van der Waals surface area (Å²) in [6.45, 7) is 0.774. The van der Waals surface area contributed by atoms with Crippen molar-refractivity contribution in [2.45, 2.75) is 175 Å². The molecule has 5 rings (SSSR count). The molecule has 5 saturated heterocycles. The van der Waals surface area contributed by atoms with Gasteiger partial charge in [0.05, 0.1) is 33.0 Å². The summed E-state index contributed by atoms with van der Waals surface area (Å²) in [5.41, 5.74) is 0. The maximum Gasteiger partial charge on any atom is 0.186 e. The molecule has 322 valence electrons. The molecule has 0 bridgehead atoms. The van der Waals surface area contributed by atoms with E-state index in [4.69, 9.17) is 47.4 Å². The van der Waals surface area contributed by atoms with E-state index in [9.17, 15) is 56.2 Å². The van der Waals surface area contributed by atoms with E-state index in [1.165, 1.54) is 19.3 Å². The van der Waals surface area contributed by atoms with Gasteiger partial charge in [-0.25, -0.2) is 0 Å². The molecule has 0 saturated carbocycles. The van der Waals surface area contributed by atoms with Crippen LogP contribution in [-0.2, 0) is 47.4 Å². The molecule has 0 spiro atoms. The lowest BCUT2D eigenvalue weighted by molar-refractivity contribution is -0.362. The lowest BCUT2D eigenvalue weighted by atomic mass is 10.0. The highest BCUT2D eigenvalue weighted by molar-refractivity contribution is 4.92. The van der Waals surface area contributed by atoms with Crippen molar-refractivity contribution in [1.29, 1.82) is 0 Å². The van der Waals surface area contributed by atoms with Gasteiger partial charge in [-0.15, -0.1) is 0 Å². The Morgan fingerprint density at radius 2 is 0.673 bits per heavy atom. The fraction of sp³-hybridized carbons (Fsp3) is 1.00. The van der Waals surface area contributed by atoms with Crippen LogP contribution in [0.15, 0.2) is 0 Å². The van der Waals surface area contributed by atoms with Crippen LogP contribution in [-0.4, -0.2) is 219 Å². The van der Waals surface area contributed by atoms with Gasteiger partial charge < -0.3 is 104 Å². The number of hydrogen-bond donors (Lipinski definition) is 11. The Hall–Kier alpha value is -0.840. The van der Waals surface area contributed by atoms with Crippen LogP contribution in [0, 0.1) is 0 Å². The lowest BCUT2D eigenvalue weighted by Crippen LogP contribution is -2.63. The van der Waals surface area contributed by atoms with Gasteiger partial charge in [0.25, 0.3) is 0 Å². The van der Waals surface area contributed by atoms with Crippen LogP contribution in [0.2, 0.25) is 0 Å². The summed E-state index contributed by atoms with van der Waals surface area (Å²) in [4.78, 5) is 0. The van der Waals surface area contributed by atoms with Gasteiger partial charge in [-0.1, -0.05) is 45.4 Å². The number of unbranched alkanes of at least 4 members (excludes halogenated alkanes) is 6. The quantitative estimate of drug-likeness (QED) is 0.0614. The van der Waals surface area contributed by atoms with E-state index < -0.39 is 130 Å². The largest absolute Gasteiger partial charge is 0.388 e. The topological polar surface area (TPSA) is 315 Å². The molecule has 5 fully saturated rings. The van der Waals surface area contributed by atoms with Crippen LogP contribution >= 0.6 is 0 Å². The summed E-state index contributed by atoms with van der Waals surface area (Å²) in [5.74, 6) is 0. The molecule has 20 atom stereocenters. The zero-order chi connectivity index (χ0) is 39.8. The maximum absolute atomic E-state index is 10.8. The molecule has 5 aliphatic heterocycles. The Morgan fingerprint density at radius 1 is 0.364 bits per heavy atom. The van der Waals surface area contributed by atoms with Crippen molar-refractivity contribution in [3.8, 4) is 0 Å². The fourth-order valence-corrected chi connectivity index (χ4v) is 6.90. The Kier molecular flexibility index (Phi) is 17.6. The first-order chi connectivity index (χ1) is 26.3. The summed E-state index contributed by atoms with van der Waals surface area (Å²) < 4.78 is 55.2. The predicted molar refractivity (Wildman–Crippen MR) is 178 cm³/mol. The van der Waals surface area contributed by atoms with Crippen LogP contribution in [0.25, 0.3) is 0 Å². The van der Waals surface area contributed by atoms with Gasteiger partial charge in [0.1, 0.15) is 91.6 Å². The lowest BCUT2D eigenvalue weighted by Gasteiger charge is -2.45. The smallest absolute Gasteiger partial charge is 0.186 e. The van der Waals surface area contributed by atoms with E-state index in [1.807, 2.05) is 0 Å². The van der Waals surface area contributed by atoms with Crippen LogP contribution in [0.5, 0.6) is 0 Å². The zero-order valence-corrected chi connectivity index (χ0v) is 30.7. The van der Waals surface area contributed by atoms with E-state index in [0.29, 0.717) is 6.61 Å². The minimum Gasteiger partial charge on any atom is -0.388 e. The fourth-order valence-electron chi connectivity index (χ4n) is 6.90. The number of hydrogen-bond acceptors (Lipinski definition) is 21. The first-order valence-electron chi connectivity index (χ1n) is 19.1. The average molecular weight is 805 g/mol. The van der Waals surface area contributed by atoms with Crippen LogP contribution < -0.4 is 0 Å². The van der Waals surface area contributed by atoms with Crippen molar-refractivity contribution in [1.82, 2.24) is 0 Å². The molecule has 0 aliphatic carbocycles. The number of rotatable bonds is 17. The molecule has 21 nitrogen and oxygen atoms in total. The summed E-state index contributed by atoms with van der Waals surface area (Å²) in [6.07, 6.45) is -22.1. The highest BCUT2D eigenvalue weighted by atomic mass is 16.8. The molecule has 11 N–H and O–H groups in total. The molecular weight excluding hydrogens is 744 g/mol. The first-order valence-corrected chi connectivity index (χ1v) is 19.1. The molecule has 5 aliphatic rings. The van der Waals surface area contributed by atoms with Crippen molar-refractivity contribution in [2.24, 2.45) is 0 Å². The number of ether oxygens (including phenoxy) is 10. The van der Waals surface area contributed by atoms with Crippen LogP contribution in [0.3, 0.4) is 0 Å². The molecule has 0 amide bonds. The second-order valence-corrected chi connectivity index (χ2v) is 14.7. The monoisotopic (exact) mass is 804 g/mol. The van der Waals surface area contributed by atoms with Gasteiger partial charge in [-0.05, 0) is 6.42 Å². The minimum absolute atomic E-state index is 0.196. The molecule has 0 aromatic carbocycles. The molecule has 0 aromatic heterocycles. The van der Waals surface area contributed by atoms with E-state index in [0.717, 1.165) is 25.7 Å². The maximum atomic E-state index is 10.8. The van der Waals surface area contributed by atoms with E-state index in [1.54, 1.807) is 0 Å². The molecule has 0 radical (unpaired) electrons. The molecule has 20 unspecified atom stereocenters. The third-order valence-corrected chi connectivity index (χ3v) is 10.5. The normalized spacial score (nSPS) is 47.1. The van der Waals surface area contributed by atoms with Crippen LogP contribution in [0.4, 0.5) is 0 Å². The van der Waals surface area contributed by atoms with Gasteiger partial charge in [0.2, 0.25) is 0 Å². The Bertz CT molecular complexity index is 1110. The van der Waals surface area contributed by atoms with Crippen molar-refractivity contribution >= 4 is 0 Å². The van der Waals surface area contributed by atoms with Gasteiger partial charge in [-0.3, -0.25) is 0 Å².